The number of benzene rings is 1. The molecule has 0 aliphatic carbocycles. The molecule has 0 amide bonds. The maximum atomic E-state index is 9.08. The summed E-state index contributed by atoms with van der Waals surface area (Å²) in [6.45, 7) is 6.42. The lowest BCUT2D eigenvalue weighted by atomic mass is 10.1. The predicted octanol–water partition coefficient (Wildman–Crippen LogP) is 3.29. The summed E-state index contributed by atoms with van der Waals surface area (Å²) in [7, 11) is 0. The third-order valence-corrected chi connectivity index (χ3v) is 3.31. The number of rotatable bonds is 6. The normalized spacial score (nSPS) is 11.1. The average Bonchev–Trinajstić information content (AvgIpc) is 2.81. The number of aryl methyl sites for hydroxylation is 1. The second-order valence-corrected chi connectivity index (χ2v) is 5.18. The molecule has 0 unspecified atom stereocenters. The van der Waals surface area contributed by atoms with E-state index in [1.807, 2.05) is 18.2 Å². The molecule has 100 valence electrons. The van der Waals surface area contributed by atoms with Crippen molar-refractivity contribution in [2.45, 2.75) is 39.3 Å². The highest BCUT2D eigenvalue weighted by Gasteiger charge is 2.04. The van der Waals surface area contributed by atoms with E-state index in [1.165, 1.54) is 6.42 Å². The van der Waals surface area contributed by atoms with E-state index in [-0.39, 0.29) is 0 Å². The lowest BCUT2D eigenvalue weighted by Crippen LogP contribution is -2.23. The molecule has 2 rings (SSSR count). The zero-order valence-electron chi connectivity index (χ0n) is 11.7. The van der Waals surface area contributed by atoms with Crippen molar-refractivity contribution < 1.29 is 0 Å². The first-order chi connectivity index (χ1) is 9.22. The molecule has 0 fully saturated rings. The van der Waals surface area contributed by atoms with Crippen LogP contribution in [0.25, 0.3) is 10.9 Å². The molecule has 0 bridgehead atoms. The zero-order valence-corrected chi connectivity index (χ0v) is 11.7. The van der Waals surface area contributed by atoms with Crippen molar-refractivity contribution in [3.05, 3.63) is 36.0 Å². The fraction of sp³-hybridized carbons (Fsp3) is 0.438. The predicted molar refractivity (Wildman–Crippen MR) is 79.0 cm³/mol. The van der Waals surface area contributed by atoms with Crippen molar-refractivity contribution in [3.63, 3.8) is 0 Å². The number of nitriles is 1. The molecule has 3 nitrogen and oxygen atoms in total. The number of hydrogen-bond acceptors (Lipinski definition) is 2. The van der Waals surface area contributed by atoms with Crippen LogP contribution in [0, 0.1) is 11.3 Å². The van der Waals surface area contributed by atoms with E-state index in [0.717, 1.165) is 36.0 Å². The van der Waals surface area contributed by atoms with Gasteiger partial charge in [-0.2, -0.15) is 5.26 Å². The van der Waals surface area contributed by atoms with Gasteiger partial charge in [0.15, 0.2) is 0 Å². The Morgan fingerprint density at radius 2 is 2.11 bits per heavy atom. The Morgan fingerprint density at radius 1 is 1.26 bits per heavy atom. The lowest BCUT2D eigenvalue weighted by molar-refractivity contribution is 0.535. The van der Waals surface area contributed by atoms with Crippen LogP contribution in [0.15, 0.2) is 30.5 Å². The summed E-state index contributed by atoms with van der Waals surface area (Å²) >= 11 is 0. The Hall–Kier alpha value is -1.79. The second-order valence-electron chi connectivity index (χ2n) is 5.18. The summed E-state index contributed by atoms with van der Waals surface area (Å²) in [6, 6.07) is 10.8. The fourth-order valence-corrected chi connectivity index (χ4v) is 2.31. The number of unbranched alkanes of at least 4 members (excludes halogenated alkanes) is 1. The highest BCUT2D eigenvalue weighted by atomic mass is 15.0. The van der Waals surface area contributed by atoms with Gasteiger partial charge in [0.2, 0.25) is 0 Å². The van der Waals surface area contributed by atoms with Crippen LogP contribution in [0.3, 0.4) is 0 Å². The molecule has 0 atom stereocenters. The molecule has 1 heterocycles. The van der Waals surface area contributed by atoms with Crippen molar-refractivity contribution in [2.24, 2.45) is 0 Å². The molecule has 2 aromatic rings. The van der Waals surface area contributed by atoms with Crippen molar-refractivity contribution in [1.29, 1.82) is 5.26 Å². The average molecular weight is 255 g/mol. The molecule has 3 heteroatoms. The van der Waals surface area contributed by atoms with E-state index in [9.17, 15) is 0 Å². The molecular weight excluding hydrogens is 234 g/mol. The van der Waals surface area contributed by atoms with Crippen LogP contribution < -0.4 is 5.32 Å². The van der Waals surface area contributed by atoms with E-state index in [1.54, 1.807) is 0 Å². The standard InChI is InChI=1S/C16H21N3/c1-13(2)18-9-3-4-10-19-11-8-15-14(12-17)6-5-7-16(15)19/h5-8,11,13,18H,3-4,9-10H2,1-2H3. The molecule has 19 heavy (non-hydrogen) atoms. The van der Waals surface area contributed by atoms with Gasteiger partial charge in [0, 0.05) is 29.7 Å². The zero-order chi connectivity index (χ0) is 13.7. The smallest absolute Gasteiger partial charge is 0.0998 e. The Bertz CT molecular complexity index is 575. The summed E-state index contributed by atoms with van der Waals surface area (Å²) in [5.41, 5.74) is 1.92. The molecule has 0 aliphatic rings. The topological polar surface area (TPSA) is 40.8 Å². The summed E-state index contributed by atoms with van der Waals surface area (Å²) < 4.78 is 2.24. The van der Waals surface area contributed by atoms with Crippen molar-refractivity contribution >= 4 is 10.9 Å². The monoisotopic (exact) mass is 255 g/mol. The number of hydrogen-bond donors (Lipinski definition) is 1. The van der Waals surface area contributed by atoms with Gasteiger partial charge in [0.25, 0.3) is 0 Å². The van der Waals surface area contributed by atoms with Gasteiger partial charge in [-0.25, -0.2) is 0 Å². The minimum atomic E-state index is 0.561. The molecule has 1 aromatic heterocycles. The first kappa shape index (κ1) is 13.6. The van der Waals surface area contributed by atoms with Gasteiger partial charge < -0.3 is 9.88 Å². The first-order valence-corrected chi connectivity index (χ1v) is 6.93. The number of nitrogens with zero attached hydrogens (tertiary/aromatic N) is 2. The molecule has 1 aromatic carbocycles. The van der Waals surface area contributed by atoms with Crippen LogP contribution in [-0.2, 0) is 6.54 Å². The molecule has 1 N–H and O–H groups in total. The van der Waals surface area contributed by atoms with Crippen LogP contribution in [-0.4, -0.2) is 17.2 Å². The Balaban J connectivity index is 1.97. The number of aromatic nitrogens is 1. The Morgan fingerprint density at radius 3 is 2.84 bits per heavy atom. The molecular formula is C16H21N3. The SMILES string of the molecule is CC(C)NCCCCn1ccc2c(C#N)cccc21. The van der Waals surface area contributed by atoms with Crippen LogP contribution in [0.2, 0.25) is 0 Å². The van der Waals surface area contributed by atoms with Gasteiger partial charge in [-0.15, -0.1) is 0 Å². The molecule has 0 saturated carbocycles. The van der Waals surface area contributed by atoms with Crippen molar-refractivity contribution in [2.75, 3.05) is 6.54 Å². The summed E-state index contributed by atoms with van der Waals surface area (Å²) in [5.74, 6) is 0. The first-order valence-electron chi connectivity index (χ1n) is 6.93. The summed E-state index contributed by atoms with van der Waals surface area (Å²) in [5, 5.41) is 13.6. The van der Waals surface area contributed by atoms with E-state index < -0.39 is 0 Å². The lowest BCUT2D eigenvalue weighted by Gasteiger charge is -2.09. The van der Waals surface area contributed by atoms with Gasteiger partial charge >= 0.3 is 0 Å². The molecule has 0 radical (unpaired) electrons. The molecule has 0 aliphatic heterocycles. The maximum Gasteiger partial charge on any atom is 0.0998 e. The van der Waals surface area contributed by atoms with Gasteiger partial charge in [0.1, 0.15) is 0 Å². The minimum Gasteiger partial charge on any atom is -0.347 e. The Labute approximate surface area is 114 Å². The van der Waals surface area contributed by atoms with E-state index in [0.29, 0.717) is 6.04 Å². The minimum absolute atomic E-state index is 0.561. The summed E-state index contributed by atoms with van der Waals surface area (Å²) in [4.78, 5) is 0. The third kappa shape index (κ3) is 3.36. The van der Waals surface area contributed by atoms with Gasteiger partial charge in [0.05, 0.1) is 11.6 Å². The third-order valence-electron chi connectivity index (χ3n) is 3.31. The van der Waals surface area contributed by atoms with Crippen LogP contribution in [0.4, 0.5) is 0 Å². The summed E-state index contributed by atoms with van der Waals surface area (Å²) in [6.07, 6.45) is 4.41. The number of fused-ring (bicyclic) bond motifs is 1. The maximum absolute atomic E-state index is 9.08. The van der Waals surface area contributed by atoms with Gasteiger partial charge in [-0.05, 0) is 37.6 Å². The highest BCUT2D eigenvalue weighted by molar-refractivity contribution is 5.85. The van der Waals surface area contributed by atoms with Crippen LogP contribution in [0.5, 0.6) is 0 Å². The second kappa shape index (κ2) is 6.40. The van der Waals surface area contributed by atoms with Gasteiger partial charge in [-0.1, -0.05) is 19.9 Å². The molecule has 0 saturated heterocycles. The molecule has 0 spiro atoms. The number of nitrogens with one attached hydrogen (secondary N) is 1. The Kier molecular flexibility index (Phi) is 4.59. The highest BCUT2D eigenvalue weighted by Crippen LogP contribution is 2.20. The van der Waals surface area contributed by atoms with E-state index in [2.05, 4.69) is 42.1 Å². The van der Waals surface area contributed by atoms with Crippen molar-refractivity contribution in [1.82, 2.24) is 9.88 Å². The quantitative estimate of drug-likeness (QED) is 0.805. The largest absolute Gasteiger partial charge is 0.347 e. The van der Waals surface area contributed by atoms with Crippen LogP contribution >= 0.6 is 0 Å². The van der Waals surface area contributed by atoms with E-state index >= 15 is 0 Å². The van der Waals surface area contributed by atoms with Crippen LogP contribution in [0.1, 0.15) is 32.3 Å². The van der Waals surface area contributed by atoms with Gasteiger partial charge in [-0.3, -0.25) is 0 Å². The fourth-order valence-electron chi connectivity index (χ4n) is 2.31. The van der Waals surface area contributed by atoms with Crippen molar-refractivity contribution in [3.8, 4) is 6.07 Å². The van der Waals surface area contributed by atoms with E-state index in [4.69, 9.17) is 5.26 Å².